The fourth-order valence-electron chi connectivity index (χ4n) is 1.18. The van der Waals surface area contributed by atoms with Crippen LogP contribution in [0.3, 0.4) is 0 Å². The molecule has 1 aromatic rings. The number of ether oxygens (including phenoxy) is 1. The lowest BCUT2D eigenvalue weighted by Gasteiger charge is -2.20. The maximum absolute atomic E-state index is 11.5. The Morgan fingerprint density at radius 3 is 2.59 bits per heavy atom. The van der Waals surface area contributed by atoms with E-state index in [1.165, 1.54) is 0 Å². The molecule has 1 amide bonds. The van der Waals surface area contributed by atoms with Crippen molar-refractivity contribution in [3.8, 4) is 0 Å². The van der Waals surface area contributed by atoms with Gasteiger partial charge in [-0.25, -0.2) is 4.79 Å². The second-order valence-electron chi connectivity index (χ2n) is 4.45. The Kier molecular flexibility index (Phi) is 4.12. The van der Waals surface area contributed by atoms with Gasteiger partial charge in [0.05, 0.1) is 16.3 Å². The molecule has 0 unspecified atom stereocenters. The smallest absolute Gasteiger partial charge is 0.412 e. The quantitative estimate of drug-likeness (QED) is 0.823. The number of rotatable bonds is 2. The Labute approximate surface area is 105 Å². The highest BCUT2D eigenvalue weighted by Gasteiger charge is 2.17. The number of amides is 1. The van der Waals surface area contributed by atoms with Crippen molar-refractivity contribution in [1.29, 1.82) is 0 Å². The zero-order chi connectivity index (χ0) is 13.1. The average Bonchev–Trinajstić information content (AvgIpc) is 2.14. The molecule has 1 N–H and O–H groups in total. The van der Waals surface area contributed by atoms with Crippen molar-refractivity contribution in [3.63, 3.8) is 0 Å². The second-order valence-corrected chi connectivity index (χ2v) is 4.85. The predicted octanol–water partition coefficient (Wildman–Crippen LogP) is 3.50. The van der Waals surface area contributed by atoms with Gasteiger partial charge in [-0.1, -0.05) is 17.7 Å². The largest absolute Gasteiger partial charge is 0.444 e. The van der Waals surface area contributed by atoms with Gasteiger partial charge in [0.15, 0.2) is 6.29 Å². The first kappa shape index (κ1) is 13.5. The van der Waals surface area contributed by atoms with Gasteiger partial charge in [0.1, 0.15) is 5.60 Å². The molecule has 4 nitrogen and oxygen atoms in total. The first-order valence-electron chi connectivity index (χ1n) is 5.07. The third-order valence-corrected chi connectivity index (χ3v) is 2.14. The van der Waals surface area contributed by atoms with Crippen molar-refractivity contribution in [2.24, 2.45) is 0 Å². The molecular formula is C12H14ClNO3. The first-order valence-corrected chi connectivity index (χ1v) is 5.45. The normalized spacial score (nSPS) is 10.8. The van der Waals surface area contributed by atoms with Gasteiger partial charge in [-0.15, -0.1) is 0 Å². The molecule has 0 heterocycles. The molecule has 5 heteroatoms. The zero-order valence-electron chi connectivity index (χ0n) is 9.91. The molecule has 17 heavy (non-hydrogen) atoms. The molecule has 0 saturated carbocycles. The van der Waals surface area contributed by atoms with Crippen molar-refractivity contribution in [2.75, 3.05) is 5.32 Å². The number of nitrogens with one attached hydrogen (secondary N) is 1. The zero-order valence-corrected chi connectivity index (χ0v) is 10.7. The molecule has 1 aromatic carbocycles. The summed E-state index contributed by atoms with van der Waals surface area (Å²) >= 11 is 5.82. The van der Waals surface area contributed by atoms with E-state index >= 15 is 0 Å². The Morgan fingerprint density at radius 2 is 2.06 bits per heavy atom. The summed E-state index contributed by atoms with van der Waals surface area (Å²) in [6.45, 7) is 5.27. The van der Waals surface area contributed by atoms with Gasteiger partial charge in [-0.2, -0.15) is 0 Å². The van der Waals surface area contributed by atoms with Gasteiger partial charge in [-0.3, -0.25) is 10.1 Å². The maximum Gasteiger partial charge on any atom is 0.412 e. The number of anilines is 1. The third kappa shape index (κ3) is 4.07. The van der Waals surface area contributed by atoms with Gasteiger partial charge in [0, 0.05) is 0 Å². The van der Waals surface area contributed by atoms with Crippen LogP contribution in [0.4, 0.5) is 10.5 Å². The molecule has 0 aliphatic heterocycles. The van der Waals surface area contributed by atoms with Crippen LogP contribution >= 0.6 is 11.6 Å². The van der Waals surface area contributed by atoms with E-state index in [0.29, 0.717) is 12.0 Å². The van der Waals surface area contributed by atoms with Crippen LogP contribution in [-0.4, -0.2) is 18.0 Å². The highest BCUT2D eigenvalue weighted by molar-refractivity contribution is 6.33. The molecule has 92 valence electrons. The van der Waals surface area contributed by atoms with Crippen molar-refractivity contribution >= 4 is 29.7 Å². The van der Waals surface area contributed by atoms with E-state index in [1.807, 2.05) is 0 Å². The summed E-state index contributed by atoms with van der Waals surface area (Å²) < 4.78 is 5.07. The summed E-state index contributed by atoms with van der Waals surface area (Å²) in [5.74, 6) is 0. The molecule has 0 aliphatic rings. The van der Waals surface area contributed by atoms with E-state index in [4.69, 9.17) is 16.3 Å². The summed E-state index contributed by atoms with van der Waals surface area (Å²) in [4.78, 5) is 22.4. The number of hydrogen-bond acceptors (Lipinski definition) is 3. The summed E-state index contributed by atoms with van der Waals surface area (Å²) in [7, 11) is 0. The Balaban J connectivity index is 2.85. The number of hydrogen-bond donors (Lipinski definition) is 1. The van der Waals surface area contributed by atoms with Crippen LogP contribution < -0.4 is 5.32 Å². The maximum atomic E-state index is 11.5. The van der Waals surface area contributed by atoms with Gasteiger partial charge in [0.2, 0.25) is 0 Å². The van der Waals surface area contributed by atoms with E-state index in [1.54, 1.807) is 39.0 Å². The summed E-state index contributed by atoms with van der Waals surface area (Å²) in [6.07, 6.45) is -0.0300. The SMILES string of the molecule is CC(C)(C)OC(=O)Nc1cccc(Cl)c1C=O. The Bertz CT molecular complexity index is 438. The number of aldehydes is 1. The summed E-state index contributed by atoms with van der Waals surface area (Å²) in [5.41, 5.74) is -0.0222. The molecule has 1 rings (SSSR count). The predicted molar refractivity (Wildman–Crippen MR) is 66.7 cm³/mol. The lowest BCUT2D eigenvalue weighted by molar-refractivity contribution is 0.0636. The monoisotopic (exact) mass is 255 g/mol. The second kappa shape index (κ2) is 5.19. The van der Waals surface area contributed by atoms with E-state index in [9.17, 15) is 9.59 Å². The first-order chi connectivity index (χ1) is 7.83. The van der Waals surface area contributed by atoms with E-state index in [-0.39, 0.29) is 10.6 Å². The summed E-state index contributed by atoms with van der Waals surface area (Å²) in [6, 6.07) is 4.80. The van der Waals surface area contributed by atoms with Crippen molar-refractivity contribution in [1.82, 2.24) is 0 Å². The van der Waals surface area contributed by atoms with Gasteiger partial charge in [-0.05, 0) is 32.9 Å². The minimum absolute atomic E-state index is 0.236. The molecule has 0 aliphatic carbocycles. The van der Waals surface area contributed by atoms with Gasteiger partial charge < -0.3 is 4.74 Å². The standard InChI is InChI=1S/C12H14ClNO3/c1-12(2,3)17-11(16)14-10-6-4-5-9(13)8(10)7-15/h4-7H,1-3H3,(H,14,16). The lowest BCUT2D eigenvalue weighted by Crippen LogP contribution is -2.27. The van der Waals surface area contributed by atoms with Crippen molar-refractivity contribution < 1.29 is 14.3 Å². The molecule has 0 bridgehead atoms. The Hall–Kier alpha value is -1.55. The van der Waals surface area contributed by atoms with Crippen molar-refractivity contribution in [2.45, 2.75) is 26.4 Å². The molecule has 0 spiro atoms. The summed E-state index contributed by atoms with van der Waals surface area (Å²) in [5, 5.41) is 2.77. The van der Waals surface area contributed by atoms with Gasteiger partial charge >= 0.3 is 6.09 Å². The fourth-order valence-corrected chi connectivity index (χ4v) is 1.40. The van der Waals surface area contributed by atoms with Crippen LogP contribution in [0.1, 0.15) is 31.1 Å². The van der Waals surface area contributed by atoms with Crippen LogP contribution in [0.2, 0.25) is 5.02 Å². The molecule has 0 aromatic heterocycles. The number of carbonyl (C=O) groups excluding carboxylic acids is 2. The number of halogens is 1. The topological polar surface area (TPSA) is 55.4 Å². The minimum atomic E-state index is -0.622. The van der Waals surface area contributed by atoms with E-state index in [0.717, 1.165) is 0 Å². The average molecular weight is 256 g/mol. The van der Waals surface area contributed by atoms with Crippen molar-refractivity contribution in [3.05, 3.63) is 28.8 Å². The van der Waals surface area contributed by atoms with E-state index in [2.05, 4.69) is 5.32 Å². The number of carbonyl (C=O) groups is 2. The minimum Gasteiger partial charge on any atom is -0.444 e. The van der Waals surface area contributed by atoms with Crippen LogP contribution in [0.25, 0.3) is 0 Å². The van der Waals surface area contributed by atoms with E-state index < -0.39 is 11.7 Å². The molecule has 0 atom stereocenters. The fraction of sp³-hybridized carbons (Fsp3) is 0.333. The molecule has 0 radical (unpaired) electrons. The molecule has 0 fully saturated rings. The lowest BCUT2D eigenvalue weighted by atomic mass is 10.2. The molecule has 0 saturated heterocycles. The van der Waals surface area contributed by atoms with Crippen LogP contribution in [0, 0.1) is 0 Å². The highest BCUT2D eigenvalue weighted by Crippen LogP contribution is 2.22. The Morgan fingerprint density at radius 1 is 1.41 bits per heavy atom. The van der Waals surface area contributed by atoms with Crippen LogP contribution in [0.15, 0.2) is 18.2 Å². The van der Waals surface area contributed by atoms with Crippen LogP contribution in [0.5, 0.6) is 0 Å². The van der Waals surface area contributed by atoms with Gasteiger partial charge in [0.25, 0.3) is 0 Å². The third-order valence-electron chi connectivity index (χ3n) is 1.81. The number of benzene rings is 1. The van der Waals surface area contributed by atoms with Crippen LogP contribution in [-0.2, 0) is 4.74 Å². The highest BCUT2D eigenvalue weighted by atomic mass is 35.5. The molecular weight excluding hydrogens is 242 g/mol.